The van der Waals surface area contributed by atoms with Crippen LogP contribution in [0.15, 0.2) is 30.3 Å². The summed E-state index contributed by atoms with van der Waals surface area (Å²) in [5.74, 6) is 2.19. The zero-order valence-corrected chi connectivity index (χ0v) is 17.5. The summed E-state index contributed by atoms with van der Waals surface area (Å²) in [5.41, 5.74) is 3.59. The molecule has 6 nitrogen and oxygen atoms in total. The number of anilines is 1. The van der Waals surface area contributed by atoms with Crippen molar-refractivity contribution in [3.05, 3.63) is 41.6 Å². The van der Waals surface area contributed by atoms with E-state index in [9.17, 15) is 4.79 Å². The van der Waals surface area contributed by atoms with Crippen LogP contribution in [-0.2, 0) is 22.4 Å². The van der Waals surface area contributed by atoms with Crippen molar-refractivity contribution in [1.29, 1.82) is 0 Å². The zero-order valence-electron chi connectivity index (χ0n) is 17.5. The van der Waals surface area contributed by atoms with Gasteiger partial charge in [-0.2, -0.15) is 0 Å². The molecule has 3 aliphatic rings. The van der Waals surface area contributed by atoms with Crippen LogP contribution in [0, 0.1) is 5.92 Å². The second kappa shape index (κ2) is 8.72. The number of nitrogens with one attached hydrogen (secondary N) is 1. The molecule has 1 atom stereocenters. The van der Waals surface area contributed by atoms with Crippen molar-refractivity contribution in [1.82, 2.24) is 15.3 Å². The van der Waals surface area contributed by atoms with Gasteiger partial charge in [0.05, 0.1) is 6.10 Å². The molecule has 30 heavy (non-hydrogen) atoms. The van der Waals surface area contributed by atoms with Gasteiger partial charge in [0.15, 0.2) is 5.82 Å². The molecule has 1 aromatic heterocycles. The maximum absolute atomic E-state index is 12.6. The van der Waals surface area contributed by atoms with Gasteiger partial charge in [-0.3, -0.25) is 4.79 Å². The van der Waals surface area contributed by atoms with E-state index in [1.807, 2.05) is 18.2 Å². The van der Waals surface area contributed by atoms with Gasteiger partial charge in [0.2, 0.25) is 5.91 Å². The maximum Gasteiger partial charge on any atom is 0.223 e. The number of hydrogen-bond donors (Lipinski definition) is 1. The van der Waals surface area contributed by atoms with E-state index in [-0.39, 0.29) is 17.9 Å². The van der Waals surface area contributed by atoms with Crippen molar-refractivity contribution in [3.63, 3.8) is 0 Å². The minimum atomic E-state index is 0.0890. The largest absolute Gasteiger partial charge is 0.376 e. The van der Waals surface area contributed by atoms with E-state index in [2.05, 4.69) is 22.3 Å². The van der Waals surface area contributed by atoms with Crippen molar-refractivity contribution in [2.24, 2.45) is 5.92 Å². The Hall–Kier alpha value is -2.47. The molecule has 6 heteroatoms. The first-order valence-electron chi connectivity index (χ1n) is 11.4. The fraction of sp³-hybridized carbons (Fsp3) is 0.542. The molecular weight excluding hydrogens is 376 g/mol. The molecule has 2 aliphatic heterocycles. The van der Waals surface area contributed by atoms with Crippen molar-refractivity contribution in [2.75, 3.05) is 31.1 Å². The molecule has 2 fully saturated rings. The summed E-state index contributed by atoms with van der Waals surface area (Å²) in [6, 6.07) is 10.2. The molecule has 5 rings (SSSR count). The van der Waals surface area contributed by atoms with Crippen molar-refractivity contribution >= 4 is 11.7 Å². The number of aromatic nitrogens is 2. The van der Waals surface area contributed by atoms with Crippen molar-refractivity contribution < 1.29 is 9.53 Å². The molecular formula is C24H30N4O2. The number of benzene rings is 1. The normalized spacial score (nSPS) is 21.6. The second-order valence-corrected chi connectivity index (χ2v) is 8.66. The number of fused-ring (bicyclic) bond motifs is 1. The average Bonchev–Trinajstić information content (AvgIpc) is 3.49. The number of amides is 1. The fourth-order valence-electron chi connectivity index (χ4n) is 4.91. The Balaban J connectivity index is 1.26. The van der Waals surface area contributed by atoms with Crippen LogP contribution in [0.2, 0.25) is 0 Å². The van der Waals surface area contributed by atoms with E-state index >= 15 is 0 Å². The third-order valence-corrected chi connectivity index (χ3v) is 6.64. The Bertz CT molecular complexity index is 888. The van der Waals surface area contributed by atoms with Crippen LogP contribution in [-0.4, -0.2) is 48.2 Å². The van der Waals surface area contributed by atoms with E-state index < -0.39 is 0 Å². The summed E-state index contributed by atoms with van der Waals surface area (Å²) in [7, 11) is 0. The minimum absolute atomic E-state index is 0.0890. The third kappa shape index (κ3) is 4.06. The van der Waals surface area contributed by atoms with Gasteiger partial charge >= 0.3 is 0 Å². The van der Waals surface area contributed by atoms with Gasteiger partial charge in [0.25, 0.3) is 0 Å². The molecule has 0 saturated carbocycles. The summed E-state index contributed by atoms with van der Waals surface area (Å²) in [4.78, 5) is 24.9. The highest BCUT2D eigenvalue weighted by atomic mass is 16.5. The van der Waals surface area contributed by atoms with Gasteiger partial charge in [-0.25, -0.2) is 9.97 Å². The standard InChI is InChI=1S/C24H30N4O2/c29-24(25-16-19-8-5-15-30-19)18-11-13-28(14-12-18)23-20-9-4-10-21(20)26-22(27-23)17-6-2-1-3-7-17/h1-3,6-7,18-19H,4-5,8-16H2,(H,25,29)/t19-/m1/s1. The Morgan fingerprint density at radius 2 is 1.90 bits per heavy atom. The van der Waals surface area contributed by atoms with Crippen LogP contribution in [0.1, 0.15) is 43.4 Å². The molecule has 2 aromatic rings. The number of aryl methyl sites for hydroxylation is 1. The Morgan fingerprint density at radius 3 is 2.67 bits per heavy atom. The van der Waals surface area contributed by atoms with Crippen LogP contribution in [0.4, 0.5) is 5.82 Å². The molecule has 1 N–H and O–H groups in total. The molecule has 0 spiro atoms. The first kappa shape index (κ1) is 19.5. The molecule has 0 radical (unpaired) electrons. The lowest BCUT2D eigenvalue weighted by Crippen LogP contribution is -2.43. The van der Waals surface area contributed by atoms with Gasteiger partial charge < -0.3 is 15.0 Å². The van der Waals surface area contributed by atoms with E-state index in [0.29, 0.717) is 6.54 Å². The smallest absolute Gasteiger partial charge is 0.223 e. The Morgan fingerprint density at radius 1 is 1.07 bits per heavy atom. The quantitative estimate of drug-likeness (QED) is 0.826. The van der Waals surface area contributed by atoms with Crippen LogP contribution in [0.25, 0.3) is 11.4 Å². The molecule has 1 aromatic carbocycles. The lowest BCUT2D eigenvalue weighted by atomic mass is 9.95. The van der Waals surface area contributed by atoms with Gasteiger partial charge in [0.1, 0.15) is 5.82 Å². The average molecular weight is 407 g/mol. The third-order valence-electron chi connectivity index (χ3n) is 6.64. The molecule has 2 saturated heterocycles. The predicted molar refractivity (Wildman–Crippen MR) is 116 cm³/mol. The van der Waals surface area contributed by atoms with E-state index in [1.165, 1.54) is 11.3 Å². The molecule has 0 bridgehead atoms. The molecule has 1 amide bonds. The first-order valence-corrected chi connectivity index (χ1v) is 11.4. The number of rotatable bonds is 5. The topological polar surface area (TPSA) is 67.3 Å². The van der Waals surface area contributed by atoms with Gasteiger partial charge in [0, 0.05) is 49.0 Å². The lowest BCUT2D eigenvalue weighted by Gasteiger charge is -2.33. The van der Waals surface area contributed by atoms with Crippen LogP contribution in [0.3, 0.4) is 0 Å². The van der Waals surface area contributed by atoms with Gasteiger partial charge in [-0.15, -0.1) is 0 Å². The zero-order chi connectivity index (χ0) is 20.3. The van der Waals surface area contributed by atoms with Crippen LogP contribution >= 0.6 is 0 Å². The highest BCUT2D eigenvalue weighted by molar-refractivity contribution is 5.79. The SMILES string of the molecule is O=C(NC[C@H]1CCCO1)C1CCN(c2nc(-c3ccccc3)nc3c2CCC3)CC1. The maximum atomic E-state index is 12.6. The number of carbonyl (C=O) groups excluding carboxylic acids is 1. The Kier molecular flexibility index (Phi) is 5.67. The van der Waals surface area contributed by atoms with Crippen LogP contribution in [0.5, 0.6) is 0 Å². The number of hydrogen-bond acceptors (Lipinski definition) is 5. The summed E-state index contributed by atoms with van der Waals surface area (Å²) < 4.78 is 5.62. The lowest BCUT2D eigenvalue weighted by molar-refractivity contribution is -0.126. The molecule has 3 heterocycles. The fourth-order valence-corrected chi connectivity index (χ4v) is 4.91. The molecule has 0 unspecified atom stereocenters. The first-order chi connectivity index (χ1) is 14.8. The number of carbonyl (C=O) groups is 1. The minimum Gasteiger partial charge on any atom is -0.376 e. The highest BCUT2D eigenvalue weighted by Crippen LogP contribution is 2.33. The number of piperidine rings is 1. The predicted octanol–water partition coefficient (Wildman–Crippen LogP) is 3.14. The Labute approximate surface area is 178 Å². The second-order valence-electron chi connectivity index (χ2n) is 8.66. The van der Waals surface area contributed by atoms with Crippen molar-refractivity contribution in [3.8, 4) is 11.4 Å². The van der Waals surface area contributed by atoms with E-state index in [1.54, 1.807) is 0 Å². The summed E-state index contributed by atoms with van der Waals surface area (Å²) in [6.45, 7) is 3.22. The van der Waals surface area contributed by atoms with Gasteiger partial charge in [-0.05, 0) is 44.9 Å². The highest BCUT2D eigenvalue weighted by Gasteiger charge is 2.29. The number of ether oxygens (including phenoxy) is 1. The van der Waals surface area contributed by atoms with Crippen molar-refractivity contribution in [2.45, 2.75) is 51.0 Å². The number of nitrogens with zero attached hydrogens (tertiary/aromatic N) is 3. The summed E-state index contributed by atoms with van der Waals surface area (Å²) >= 11 is 0. The van der Waals surface area contributed by atoms with E-state index in [0.717, 1.165) is 81.8 Å². The monoisotopic (exact) mass is 406 g/mol. The van der Waals surface area contributed by atoms with Gasteiger partial charge in [-0.1, -0.05) is 30.3 Å². The summed E-state index contributed by atoms with van der Waals surface area (Å²) in [6.07, 6.45) is 7.35. The van der Waals surface area contributed by atoms with E-state index in [4.69, 9.17) is 14.7 Å². The molecule has 158 valence electrons. The molecule has 1 aliphatic carbocycles. The summed E-state index contributed by atoms with van der Waals surface area (Å²) in [5, 5.41) is 3.11. The van der Waals surface area contributed by atoms with Crippen LogP contribution < -0.4 is 10.2 Å².